The van der Waals surface area contributed by atoms with E-state index in [-0.39, 0.29) is 18.1 Å². The molecule has 5 rings (SSSR count). The first-order valence-corrected chi connectivity index (χ1v) is 15.9. The summed E-state index contributed by atoms with van der Waals surface area (Å²) in [6.45, 7) is 8.49. The van der Waals surface area contributed by atoms with E-state index >= 15 is 0 Å². The predicted molar refractivity (Wildman–Crippen MR) is 176 cm³/mol. The van der Waals surface area contributed by atoms with E-state index in [1.807, 2.05) is 49.6 Å². The molecule has 6 nitrogen and oxygen atoms in total. The molecule has 0 saturated heterocycles. The summed E-state index contributed by atoms with van der Waals surface area (Å²) in [6, 6.07) is 20.6. The molecule has 0 N–H and O–H groups in total. The van der Waals surface area contributed by atoms with Crippen molar-refractivity contribution in [3.8, 4) is 22.6 Å². The number of likely N-dealkylation sites (N-methyl/N-ethyl adjacent to an activating group) is 1. The smallest absolute Gasteiger partial charge is 0.348 e. The SMILES string of the molecule is COc1cc(OC(=O)c2ccccc2SC)ccc1-c1ccc2c(c1COC(=O)c1ccc(C)s1)C(C)=CC(C)(C)N2C. The summed E-state index contributed by atoms with van der Waals surface area (Å²) in [5.74, 6) is 0.123. The first-order chi connectivity index (χ1) is 20.5. The number of anilines is 1. The van der Waals surface area contributed by atoms with Crippen molar-refractivity contribution in [2.75, 3.05) is 25.3 Å². The molecule has 0 saturated carbocycles. The van der Waals surface area contributed by atoms with E-state index in [0.717, 1.165) is 43.3 Å². The second kappa shape index (κ2) is 12.3. The molecule has 0 atom stereocenters. The fraction of sp³-hybridized carbons (Fsp3) is 0.257. The Balaban J connectivity index is 1.55. The van der Waals surface area contributed by atoms with Crippen molar-refractivity contribution in [3.05, 3.63) is 99.3 Å². The van der Waals surface area contributed by atoms with Gasteiger partial charge in [0.05, 0.1) is 18.2 Å². The van der Waals surface area contributed by atoms with Crippen LogP contribution in [0.1, 0.15) is 56.8 Å². The molecule has 1 aromatic heterocycles. The van der Waals surface area contributed by atoms with Gasteiger partial charge in [-0.15, -0.1) is 23.1 Å². The Morgan fingerprint density at radius 2 is 1.70 bits per heavy atom. The molecule has 0 amide bonds. The maximum atomic E-state index is 13.0. The summed E-state index contributed by atoms with van der Waals surface area (Å²) < 4.78 is 17.5. The normalized spacial score (nSPS) is 13.7. The number of hydrogen-bond acceptors (Lipinski definition) is 8. The molecule has 0 fully saturated rings. The lowest BCUT2D eigenvalue weighted by atomic mass is 9.84. The maximum Gasteiger partial charge on any atom is 0.348 e. The summed E-state index contributed by atoms with van der Waals surface area (Å²) in [5.41, 5.74) is 6.07. The Morgan fingerprint density at radius 3 is 2.40 bits per heavy atom. The fourth-order valence-electron chi connectivity index (χ4n) is 5.45. The van der Waals surface area contributed by atoms with Crippen LogP contribution in [0.5, 0.6) is 11.5 Å². The van der Waals surface area contributed by atoms with E-state index in [1.165, 1.54) is 23.1 Å². The molecule has 0 aliphatic carbocycles. The lowest BCUT2D eigenvalue weighted by Gasteiger charge is -2.41. The number of thiophene rings is 1. The third-order valence-electron chi connectivity index (χ3n) is 7.77. The van der Waals surface area contributed by atoms with E-state index in [0.29, 0.717) is 21.9 Å². The van der Waals surface area contributed by atoms with Gasteiger partial charge in [-0.25, -0.2) is 9.59 Å². The monoisotopic (exact) mass is 613 g/mol. The van der Waals surface area contributed by atoms with Crippen molar-refractivity contribution >= 4 is 46.3 Å². The number of methoxy groups -OCH3 is 1. The van der Waals surface area contributed by atoms with E-state index in [2.05, 4.69) is 44.9 Å². The minimum Gasteiger partial charge on any atom is -0.496 e. The predicted octanol–water partition coefficient (Wildman–Crippen LogP) is 8.66. The van der Waals surface area contributed by atoms with Crippen LogP contribution in [-0.2, 0) is 11.3 Å². The molecule has 0 unspecified atom stereocenters. The second-order valence-electron chi connectivity index (χ2n) is 11.0. The topological polar surface area (TPSA) is 65.1 Å². The number of benzene rings is 3. The largest absolute Gasteiger partial charge is 0.496 e. The first kappa shape index (κ1) is 30.4. The molecule has 222 valence electrons. The molecule has 4 aromatic rings. The number of rotatable bonds is 8. The second-order valence-corrected chi connectivity index (χ2v) is 13.1. The van der Waals surface area contributed by atoms with Gasteiger partial charge in [0.1, 0.15) is 23.0 Å². The van der Waals surface area contributed by atoms with Crippen LogP contribution in [0.4, 0.5) is 5.69 Å². The molecule has 1 aliphatic rings. The third-order valence-corrected chi connectivity index (χ3v) is 9.55. The summed E-state index contributed by atoms with van der Waals surface area (Å²) in [6.07, 6.45) is 4.16. The number of carbonyl (C=O) groups excluding carboxylic acids is 2. The molecular weight excluding hydrogens is 579 g/mol. The van der Waals surface area contributed by atoms with Gasteiger partial charge in [-0.1, -0.05) is 24.3 Å². The van der Waals surface area contributed by atoms with Crippen molar-refractivity contribution in [1.29, 1.82) is 0 Å². The number of thioether (sulfide) groups is 1. The van der Waals surface area contributed by atoms with Crippen molar-refractivity contribution in [2.45, 2.75) is 44.7 Å². The Labute approximate surface area is 261 Å². The van der Waals surface area contributed by atoms with Gasteiger partial charge in [-0.2, -0.15) is 0 Å². The average molecular weight is 614 g/mol. The third kappa shape index (κ3) is 6.08. The minimum atomic E-state index is -0.434. The molecule has 0 spiro atoms. The van der Waals surface area contributed by atoms with Crippen molar-refractivity contribution in [2.24, 2.45) is 0 Å². The zero-order valence-electron chi connectivity index (χ0n) is 25.4. The van der Waals surface area contributed by atoms with E-state index in [9.17, 15) is 9.59 Å². The van der Waals surface area contributed by atoms with Crippen molar-refractivity contribution in [1.82, 2.24) is 0 Å². The van der Waals surface area contributed by atoms with Crippen molar-refractivity contribution in [3.63, 3.8) is 0 Å². The number of nitrogens with zero attached hydrogens (tertiary/aromatic N) is 1. The van der Waals surface area contributed by atoms with Crippen LogP contribution < -0.4 is 14.4 Å². The zero-order valence-corrected chi connectivity index (χ0v) is 27.1. The van der Waals surface area contributed by atoms with Gasteiger partial charge in [0, 0.05) is 45.3 Å². The molecule has 1 aliphatic heterocycles. The number of ether oxygens (including phenoxy) is 3. The number of allylic oxidation sites excluding steroid dienone is 1. The van der Waals surface area contributed by atoms with Gasteiger partial charge in [-0.3, -0.25) is 0 Å². The molecule has 0 radical (unpaired) electrons. The Morgan fingerprint density at radius 1 is 0.953 bits per heavy atom. The van der Waals surface area contributed by atoms with E-state index in [4.69, 9.17) is 14.2 Å². The molecule has 43 heavy (non-hydrogen) atoms. The van der Waals surface area contributed by atoms with Crippen LogP contribution in [0.25, 0.3) is 16.7 Å². The highest BCUT2D eigenvalue weighted by Crippen LogP contribution is 2.45. The van der Waals surface area contributed by atoms with Crippen molar-refractivity contribution < 1.29 is 23.8 Å². The lowest BCUT2D eigenvalue weighted by Crippen LogP contribution is -2.42. The van der Waals surface area contributed by atoms with Crippen LogP contribution in [0.15, 0.2) is 77.7 Å². The van der Waals surface area contributed by atoms with Gasteiger partial charge in [0.2, 0.25) is 0 Å². The van der Waals surface area contributed by atoms with Crippen LogP contribution in [0, 0.1) is 6.92 Å². The maximum absolute atomic E-state index is 13.0. The highest BCUT2D eigenvalue weighted by Gasteiger charge is 2.31. The highest BCUT2D eigenvalue weighted by atomic mass is 32.2. The summed E-state index contributed by atoms with van der Waals surface area (Å²) in [5, 5.41) is 0. The Hall–Kier alpha value is -4.01. The van der Waals surface area contributed by atoms with Crippen LogP contribution in [-0.4, -0.2) is 37.9 Å². The Bertz CT molecular complexity index is 1740. The number of carbonyl (C=O) groups is 2. The molecule has 2 heterocycles. The fourth-order valence-corrected chi connectivity index (χ4v) is 6.80. The molecule has 0 bridgehead atoms. The standard InChI is InChI=1S/C35H35NO5S2/c1-21-19-35(3,4)36(5)28-16-15-24(27(32(21)28)20-40-34(38)31-17-12-22(2)43-31)25-14-13-23(18-29(25)39-6)41-33(37)26-10-8-9-11-30(26)42-7/h8-19H,20H2,1-7H3. The van der Waals surface area contributed by atoms with Crippen LogP contribution in [0.3, 0.4) is 0 Å². The molecular formula is C35H35NO5S2. The van der Waals surface area contributed by atoms with Gasteiger partial charge < -0.3 is 19.1 Å². The van der Waals surface area contributed by atoms with Gasteiger partial charge in [0.15, 0.2) is 0 Å². The number of aryl methyl sites for hydroxylation is 1. The summed E-state index contributed by atoms with van der Waals surface area (Å²) in [4.78, 5) is 30.7. The van der Waals surface area contributed by atoms with Gasteiger partial charge in [-0.05, 0) is 87.6 Å². The minimum absolute atomic E-state index is 0.0824. The molecule has 3 aromatic carbocycles. The molecule has 8 heteroatoms. The number of fused-ring (bicyclic) bond motifs is 1. The van der Waals surface area contributed by atoms with E-state index < -0.39 is 5.97 Å². The number of hydrogen-bond donors (Lipinski definition) is 0. The van der Waals surface area contributed by atoms with Crippen LogP contribution in [0.2, 0.25) is 0 Å². The summed E-state index contributed by atoms with van der Waals surface area (Å²) >= 11 is 2.91. The highest BCUT2D eigenvalue weighted by molar-refractivity contribution is 7.98. The summed E-state index contributed by atoms with van der Waals surface area (Å²) in [7, 11) is 3.66. The lowest BCUT2D eigenvalue weighted by molar-refractivity contribution is 0.0478. The van der Waals surface area contributed by atoms with Crippen LogP contribution >= 0.6 is 23.1 Å². The zero-order chi connectivity index (χ0) is 30.9. The van der Waals surface area contributed by atoms with Gasteiger partial charge >= 0.3 is 11.9 Å². The quantitative estimate of drug-likeness (QED) is 0.112. The Kier molecular flexibility index (Phi) is 8.71. The number of esters is 2. The van der Waals surface area contributed by atoms with Gasteiger partial charge in [0.25, 0.3) is 0 Å². The first-order valence-electron chi connectivity index (χ1n) is 13.9. The average Bonchev–Trinajstić information content (AvgIpc) is 3.44. The van der Waals surface area contributed by atoms with E-state index in [1.54, 1.807) is 31.4 Å².